The first-order chi connectivity index (χ1) is 42.9. The highest BCUT2D eigenvalue weighted by Crippen LogP contribution is 2.43. The van der Waals surface area contributed by atoms with Crippen LogP contribution in [0.15, 0.2) is 98.9 Å². The number of fused-ring (bicyclic) bond motifs is 3. The number of hydrogen-bond donors (Lipinski definition) is 5. The van der Waals surface area contributed by atoms with Crippen molar-refractivity contribution < 1.29 is 67.8 Å². The SMILES string of the molecule is CO[C@H]1/C=C/O[C@@]2(C)Oc3c(C)c(O)c4c(=O)c(c5oc6cc(N7CCN(c8cn(Cc9ccc(COC%10COc%11nc([N+](=O)[O-])cn%11C%10)cc9)nn8)CC7)cc(=O)c6nc5c4c3=C2O)NC(=O)/C(C)=C\C=C\[C@H](C)[C@H](O)[C@@H](C)[C@@H](O)[C@@H](C)[C@H](OC(C)=O)[C@@H]1C. The van der Waals surface area contributed by atoms with Gasteiger partial charge in [0, 0.05) is 110 Å². The first-order valence-electron chi connectivity index (χ1n) is 29.5. The van der Waals surface area contributed by atoms with E-state index in [2.05, 4.69) is 25.5 Å². The summed E-state index contributed by atoms with van der Waals surface area (Å²) in [6.45, 7) is 15.8. The van der Waals surface area contributed by atoms with Crippen LogP contribution in [0.2, 0.25) is 0 Å². The lowest BCUT2D eigenvalue weighted by Gasteiger charge is -2.38. The molecular weight excluding hydrogens is 1170 g/mol. The summed E-state index contributed by atoms with van der Waals surface area (Å²) in [4.78, 5) is 79.7. The maximum absolute atomic E-state index is 15.1. The molecule has 5 N–H and O–H groups in total. The van der Waals surface area contributed by atoms with E-state index in [9.17, 15) is 44.9 Å². The molecule has 27 heteroatoms. The van der Waals surface area contributed by atoms with Gasteiger partial charge in [0.25, 0.3) is 5.91 Å². The molecule has 0 spiro atoms. The number of rotatable bonds is 10. The van der Waals surface area contributed by atoms with E-state index in [1.54, 1.807) is 55.2 Å². The number of aromatic hydroxyl groups is 1. The van der Waals surface area contributed by atoms with Crippen LogP contribution in [-0.4, -0.2) is 143 Å². The minimum absolute atomic E-state index is 0.0243. The predicted octanol–water partition coefficient (Wildman–Crippen LogP) is 5.61. The van der Waals surface area contributed by atoms with Crippen LogP contribution in [-0.2, 0) is 48.2 Å². The van der Waals surface area contributed by atoms with Gasteiger partial charge in [-0.15, -0.1) is 5.10 Å². The Morgan fingerprint density at radius 3 is 2.34 bits per heavy atom. The molecule has 0 aliphatic carbocycles. The summed E-state index contributed by atoms with van der Waals surface area (Å²) in [5.74, 6) is -6.89. The second-order valence-corrected chi connectivity index (χ2v) is 23.6. The predicted molar refractivity (Wildman–Crippen MR) is 328 cm³/mol. The number of carbonyl (C=O) groups excluding carboxylic acids is 2. The Morgan fingerprint density at radius 1 is 0.911 bits per heavy atom. The number of nitro groups is 1. The van der Waals surface area contributed by atoms with E-state index in [1.807, 2.05) is 35.4 Å². The Morgan fingerprint density at radius 2 is 1.63 bits per heavy atom. The molecule has 27 nitrogen and oxygen atoms in total. The number of hydrogen-bond acceptors (Lipinski definition) is 23. The third-order valence-corrected chi connectivity index (χ3v) is 17.5. The molecule has 474 valence electrons. The second kappa shape index (κ2) is 24.9. The molecule has 0 saturated carbocycles. The van der Waals surface area contributed by atoms with Gasteiger partial charge in [0.1, 0.15) is 47.7 Å². The summed E-state index contributed by atoms with van der Waals surface area (Å²) >= 11 is 0. The molecule has 90 heavy (non-hydrogen) atoms. The average molecular weight is 1240 g/mol. The first kappa shape index (κ1) is 62.2. The molecule has 0 radical (unpaired) electrons. The second-order valence-electron chi connectivity index (χ2n) is 23.6. The standard InChI is InChI=1S/C63H70N10O17/c1-31-11-10-12-32(2)61(81)66-52-56(79)48-47(49-58(36(6)55(48)78)90-63(8,60(49)80)87-22-17-43(84-9)33(3)57(88-37(7)74)35(5)54(77)34(4)53(31)76)51-59(52)89-44-24-40(23-42(75)50(44)65-51)69-18-20-70(21-19-69)46-28-72(68-67-46)25-38-13-15-39(16-14-38)29-85-41-26-71-27-45(73(82)83)64-62(71)86-30-41/h10-17,22-24,27-28,31,33-35,41,43,53-54,57,76-78,80H,18-21,25-26,29-30H2,1-9H3,(H,66,81)/b11-10+,22-17+,32-12-/t31-,33+,34+,35+,41?,43-,53-,54+,57+,63-/m0/s1. The fourth-order valence-electron chi connectivity index (χ4n) is 12.2. The van der Waals surface area contributed by atoms with Crippen LogP contribution in [0, 0.1) is 40.7 Å². The Hall–Kier alpha value is -9.44. The van der Waals surface area contributed by atoms with Gasteiger partial charge in [-0.25, -0.2) is 9.67 Å². The van der Waals surface area contributed by atoms with E-state index in [-0.39, 0.29) is 79.6 Å². The van der Waals surface area contributed by atoms with Crippen LogP contribution < -0.4 is 40.7 Å². The number of allylic oxidation sites excluding steroid dienone is 2. The van der Waals surface area contributed by atoms with Crippen molar-refractivity contribution in [1.29, 1.82) is 0 Å². The van der Waals surface area contributed by atoms with Crippen molar-refractivity contribution in [2.75, 3.05) is 55.0 Å². The van der Waals surface area contributed by atoms with Crippen molar-refractivity contribution >= 4 is 73.6 Å². The third-order valence-electron chi connectivity index (χ3n) is 17.5. The van der Waals surface area contributed by atoms with E-state index in [4.69, 9.17) is 37.8 Å². The fourth-order valence-corrected chi connectivity index (χ4v) is 12.2. The van der Waals surface area contributed by atoms with Crippen molar-refractivity contribution in [3.8, 4) is 17.5 Å². The smallest absolute Gasteiger partial charge is 0.414 e. The first-order valence-corrected chi connectivity index (χ1v) is 29.5. The maximum atomic E-state index is 15.1. The molecule has 3 aromatic heterocycles. The molecule has 4 bridgehead atoms. The number of carbonyl (C=O) groups is 2. The lowest BCUT2D eigenvalue weighted by atomic mass is 9.78. The molecule has 1 amide bonds. The number of esters is 1. The molecule has 1 unspecified atom stereocenters. The fraction of sp³-hybridized carbons (Fsp3) is 0.429. The van der Waals surface area contributed by atoms with Crippen LogP contribution in [0.4, 0.5) is 23.0 Å². The third kappa shape index (κ3) is 11.9. The molecule has 4 aliphatic rings. The number of ether oxygens (including phenoxy) is 6. The van der Waals surface area contributed by atoms with Crippen molar-refractivity contribution in [1.82, 2.24) is 29.5 Å². The Bertz CT molecular complexity index is 4250. The number of benzene rings is 4. The van der Waals surface area contributed by atoms with Gasteiger partial charge < -0.3 is 78.5 Å². The zero-order chi connectivity index (χ0) is 64.2. The molecule has 1 saturated heterocycles. The number of nitrogens with zero attached hydrogens (tertiary/aromatic N) is 9. The Labute approximate surface area is 514 Å². The molecular formula is C63H70N10O17. The van der Waals surface area contributed by atoms with E-state index < -0.39 is 98.7 Å². The van der Waals surface area contributed by atoms with Gasteiger partial charge in [0.05, 0.1) is 61.1 Å². The largest absolute Gasteiger partial charge is 0.507 e. The summed E-state index contributed by atoms with van der Waals surface area (Å²) in [6.07, 6.45) is 6.24. The van der Waals surface area contributed by atoms with Gasteiger partial charge in [-0.1, -0.05) is 75.4 Å². The molecule has 4 aliphatic heterocycles. The van der Waals surface area contributed by atoms with Gasteiger partial charge in [0.15, 0.2) is 28.3 Å². The summed E-state index contributed by atoms with van der Waals surface area (Å²) in [5.41, 5.74) is -0.0367. The van der Waals surface area contributed by atoms with E-state index in [0.29, 0.717) is 57.4 Å². The monoisotopic (exact) mass is 1240 g/mol. The minimum atomic E-state index is -2.03. The van der Waals surface area contributed by atoms with Crippen molar-refractivity contribution in [2.45, 2.75) is 111 Å². The minimum Gasteiger partial charge on any atom is -0.507 e. The van der Waals surface area contributed by atoms with Crippen LogP contribution in [0.3, 0.4) is 0 Å². The van der Waals surface area contributed by atoms with E-state index in [0.717, 1.165) is 11.1 Å². The zero-order valence-corrected chi connectivity index (χ0v) is 51.0. The summed E-state index contributed by atoms with van der Waals surface area (Å²) in [7, 11) is 1.43. The number of imidazole rings is 1. The summed E-state index contributed by atoms with van der Waals surface area (Å²) in [6, 6.07) is 11.1. The topological polar surface area (TPSA) is 341 Å². The molecule has 10 atom stereocenters. The normalized spacial score (nSPS) is 26.3. The van der Waals surface area contributed by atoms with Gasteiger partial charge in [0.2, 0.25) is 10.9 Å². The number of aliphatic hydroxyl groups is 3. The Kier molecular flexibility index (Phi) is 17.2. The highest BCUT2D eigenvalue weighted by molar-refractivity contribution is 6.17. The number of amides is 1. The molecule has 4 aromatic carbocycles. The van der Waals surface area contributed by atoms with Crippen molar-refractivity contribution in [3.05, 3.63) is 137 Å². The van der Waals surface area contributed by atoms with Crippen molar-refractivity contribution in [2.24, 2.45) is 23.7 Å². The molecule has 1 fully saturated rings. The lowest BCUT2D eigenvalue weighted by molar-refractivity contribution is -0.389. The number of aromatic nitrogens is 6. The zero-order valence-electron chi connectivity index (χ0n) is 51.0. The summed E-state index contributed by atoms with van der Waals surface area (Å²) in [5, 5.41) is 69.6. The number of nitrogens with one attached hydrogen (secondary N) is 1. The maximum Gasteiger partial charge on any atom is 0.414 e. The molecule has 7 heterocycles. The van der Waals surface area contributed by atoms with Crippen LogP contribution in [0.25, 0.3) is 38.7 Å². The van der Waals surface area contributed by atoms with Crippen molar-refractivity contribution in [3.63, 3.8) is 0 Å². The number of anilines is 3. The number of methoxy groups -OCH3 is 1. The van der Waals surface area contributed by atoms with Crippen LogP contribution in [0.1, 0.15) is 65.2 Å². The summed E-state index contributed by atoms with van der Waals surface area (Å²) < 4.78 is 45.7. The number of aliphatic hydroxyl groups excluding tert-OH is 3. The Balaban J connectivity index is 0.880. The number of phenolic OH excluding ortho intramolecular Hbond substituents is 1. The quantitative estimate of drug-likeness (QED) is 0.0365. The average Bonchev–Trinajstić information content (AvgIpc) is 1.39. The molecule has 11 rings (SSSR count). The van der Waals surface area contributed by atoms with Crippen LogP contribution >= 0.6 is 0 Å². The number of piperazine rings is 1. The van der Waals surface area contributed by atoms with Gasteiger partial charge in [-0.05, 0) is 36.0 Å². The highest BCUT2D eigenvalue weighted by Gasteiger charge is 2.44. The highest BCUT2D eigenvalue weighted by atomic mass is 16.7. The molecule has 7 aromatic rings. The van der Waals surface area contributed by atoms with E-state index in [1.165, 1.54) is 65.5 Å². The van der Waals surface area contributed by atoms with Gasteiger partial charge >= 0.3 is 23.6 Å². The van der Waals surface area contributed by atoms with Gasteiger partial charge in [-0.3, -0.25) is 23.7 Å². The lowest BCUT2D eigenvalue weighted by Crippen LogP contribution is -2.46. The van der Waals surface area contributed by atoms with E-state index >= 15 is 4.79 Å². The van der Waals surface area contributed by atoms with Gasteiger partial charge in [-0.2, -0.15) is 0 Å². The number of phenols is 1. The van der Waals surface area contributed by atoms with Crippen LogP contribution in [0.5, 0.6) is 17.5 Å².